The van der Waals surface area contributed by atoms with Gasteiger partial charge in [-0.15, -0.1) is 0 Å². The van der Waals surface area contributed by atoms with E-state index in [4.69, 9.17) is 0 Å². The van der Waals surface area contributed by atoms with Crippen molar-refractivity contribution in [2.45, 2.75) is 0 Å². The third-order valence-electron chi connectivity index (χ3n) is 1.97. The van der Waals surface area contributed by atoms with E-state index in [2.05, 4.69) is 27.5 Å². The van der Waals surface area contributed by atoms with Crippen molar-refractivity contribution in [1.82, 2.24) is 9.38 Å². The third-order valence-corrected chi connectivity index (χ3v) is 2.59. The van der Waals surface area contributed by atoms with Crippen LogP contribution in [0.25, 0.3) is 11.7 Å². The van der Waals surface area contributed by atoms with Gasteiger partial charge in [0.1, 0.15) is 5.69 Å². The second kappa shape index (κ2) is 3.38. The average Bonchev–Trinajstić information content (AvgIpc) is 2.57. The molecule has 0 aromatic carbocycles. The summed E-state index contributed by atoms with van der Waals surface area (Å²) in [6, 6.07) is 3.75. The van der Waals surface area contributed by atoms with E-state index in [-0.39, 0.29) is 0 Å². The smallest absolute Gasteiger partial charge is 0.170 e. The molecule has 0 N–H and O–H groups in total. The Morgan fingerprint density at radius 1 is 1.57 bits per heavy atom. The van der Waals surface area contributed by atoms with Gasteiger partial charge in [0.05, 0.1) is 10.2 Å². The number of aldehydes is 1. The summed E-state index contributed by atoms with van der Waals surface area (Å²) in [6.45, 7) is 3.66. The third kappa shape index (κ3) is 1.19. The van der Waals surface area contributed by atoms with Gasteiger partial charge < -0.3 is 0 Å². The molecule has 4 heteroatoms. The predicted molar refractivity (Wildman–Crippen MR) is 58.4 cm³/mol. The molecule has 0 aliphatic carbocycles. The van der Waals surface area contributed by atoms with Crippen LogP contribution in [0.2, 0.25) is 0 Å². The summed E-state index contributed by atoms with van der Waals surface area (Å²) in [5.74, 6) is 0. The molecule has 0 fully saturated rings. The molecule has 0 unspecified atom stereocenters. The molecule has 0 atom stereocenters. The van der Waals surface area contributed by atoms with E-state index in [1.807, 2.05) is 22.7 Å². The van der Waals surface area contributed by atoms with Crippen molar-refractivity contribution in [1.29, 1.82) is 0 Å². The SMILES string of the molecule is C=Cc1c(C=O)nc2c(Br)cccn12. The number of hydrogen-bond acceptors (Lipinski definition) is 2. The lowest BCUT2D eigenvalue weighted by molar-refractivity contribution is 0.111. The minimum Gasteiger partial charge on any atom is -0.299 e. The molecule has 0 aliphatic heterocycles. The molecular weight excluding hydrogens is 244 g/mol. The van der Waals surface area contributed by atoms with Gasteiger partial charge in [0, 0.05) is 6.20 Å². The Labute approximate surface area is 89.2 Å². The second-order valence-corrected chi connectivity index (χ2v) is 3.61. The summed E-state index contributed by atoms with van der Waals surface area (Å²) >= 11 is 3.37. The summed E-state index contributed by atoms with van der Waals surface area (Å²) < 4.78 is 2.68. The van der Waals surface area contributed by atoms with Gasteiger partial charge in [-0.3, -0.25) is 9.20 Å². The highest BCUT2D eigenvalue weighted by Gasteiger charge is 2.09. The second-order valence-electron chi connectivity index (χ2n) is 2.75. The van der Waals surface area contributed by atoms with Gasteiger partial charge in [0.25, 0.3) is 0 Å². The highest BCUT2D eigenvalue weighted by atomic mass is 79.9. The maximum atomic E-state index is 10.7. The average molecular weight is 251 g/mol. The lowest BCUT2D eigenvalue weighted by Crippen LogP contribution is -1.88. The Kier molecular flexibility index (Phi) is 2.21. The largest absolute Gasteiger partial charge is 0.299 e. The first-order valence-electron chi connectivity index (χ1n) is 4.02. The fraction of sp³-hybridized carbons (Fsp3) is 0. The van der Waals surface area contributed by atoms with E-state index in [0.29, 0.717) is 5.69 Å². The predicted octanol–water partition coefficient (Wildman–Crippen LogP) is 2.55. The van der Waals surface area contributed by atoms with Crippen molar-refractivity contribution in [3.63, 3.8) is 0 Å². The van der Waals surface area contributed by atoms with Crippen molar-refractivity contribution in [2.24, 2.45) is 0 Å². The maximum Gasteiger partial charge on any atom is 0.170 e. The minimum atomic E-state index is 0.409. The van der Waals surface area contributed by atoms with Gasteiger partial charge in [-0.25, -0.2) is 4.98 Å². The summed E-state index contributed by atoms with van der Waals surface area (Å²) in [7, 11) is 0. The zero-order chi connectivity index (χ0) is 10.1. The summed E-state index contributed by atoms with van der Waals surface area (Å²) in [6.07, 6.45) is 4.20. The fourth-order valence-electron chi connectivity index (χ4n) is 1.36. The standard InChI is InChI=1S/C10H7BrN2O/c1-2-9-8(6-14)12-10-7(11)4-3-5-13(9)10/h2-6H,1H2. The van der Waals surface area contributed by atoms with Crippen LogP contribution in [0.3, 0.4) is 0 Å². The van der Waals surface area contributed by atoms with E-state index >= 15 is 0 Å². The van der Waals surface area contributed by atoms with Gasteiger partial charge in [-0.2, -0.15) is 0 Å². The van der Waals surface area contributed by atoms with Crippen molar-refractivity contribution in [3.8, 4) is 0 Å². The summed E-state index contributed by atoms with van der Waals surface area (Å²) in [4.78, 5) is 14.9. The van der Waals surface area contributed by atoms with Crippen molar-refractivity contribution in [3.05, 3.63) is 40.8 Å². The van der Waals surface area contributed by atoms with Crippen LogP contribution in [-0.4, -0.2) is 15.7 Å². The summed E-state index contributed by atoms with van der Waals surface area (Å²) in [5, 5.41) is 0. The number of nitrogens with zero attached hydrogens (tertiary/aromatic N) is 2. The zero-order valence-corrected chi connectivity index (χ0v) is 8.86. The number of aromatic nitrogens is 2. The molecule has 2 aromatic heterocycles. The number of pyridine rings is 1. The molecule has 0 radical (unpaired) electrons. The van der Waals surface area contributed by atoms with Crippen LogP contribution < -0.4 is 0 Å². The molecular formula is C10H7BrN2O. The molecule has 0 saturated heterocycles. The Hall–Kier alpha value is -1.42. The van der Waals surface area contributed by atoms with Crippen LogP contribution in [0.4, 0.5) is 0 Å². The molecule has 2 aromatic rings. The molecule has 3 nitrogen and oxygen atoms in total. The first kappa shape index (κ1) is 9.15. The topological polar surface area (TPSA) is 34.4 Å². The van der Waals surface area contributed by atoms with Crippen molar-refractivity contribution >= 4 is 33.9 Å². The molecule has 0 spiro atoms. The Bertz CT molecular complexity index is 516. The normalized spacial score (nSPS) is 10.4. The lowest BCUT2D eigenvalue weighted by atomic mass is 10.3. The number of hydrogen-bond donors (Lipinski definition) is 0. The number of carbonyl (C=O) groups excluding carboxylic acids is 1. The van der Waals surface area contributed by atoms with E-state index in [1.165, 1.54) is 0 Å². The zero-order valence-electron chi connectivity index (χ0n) is 7.27. The highest BCUT2D eigenvalue weighted by molar-refractivity contribution is 9.10. The highest BCUT2D eigenvalue weighted by Crippen LogP contribution is 2.20. The number of carbonyl (C=O) groups is 1. The number of fused-ring (bicyclic) bond motifs is 1. The lowest BCUT2D eigenvalue weighted by Gasteiger charge is -1.96. The number of halogens is 1. The van der Waals surface area contributed by atoms with Crippen molar-refractivity contribution in [2.75, 3.05) is 0 Å². The first-order valence-corrected chi connectivity index (χ1v) is 4.81. The van der Waals surface area contributed by atoms with Gasteiger partial charge in [0.15, 0.2) is 11.9 Å². The molecule has 0 amide bonds. The first-order chi connectivity index (χ1) is 6.77. The number of imidazole rings is 1. The van der Waals surface area contributed by atoms with Gasteiger partial charge in [0.2, 0.25) is 0 Å². The molecule has 2 rings (SSSR count). The Morgan fingerprint density at radius 3 is 3.00 bits per heavy atom. The van der Waals surface area contributed by atoms with Crippen LogP contribution in [0.5, 0.6) is 0 Å². The van der Waals surface area contributed by atoms with Crippen LogP contribution in [-0.2, 0) is 0 Å². The van der Waals surface area contributed by atoms with Gasteiger partial charge >= 0.3 is 0 Å². The molecule has 0 aliphatic rings. The number of rotatable bonds is 2. The van der Waals surface area contributed by atoms with Gasteiger partial charge in [-0.1, -0.05) is 6.58 Å². The van der Waals surface area contributed by atoms with Crippen LogP contribution in [0.1, 0.15) is 16.2 Å². The molecule has 0 bridgehead atoms. The molecule has 70 valence electrons. The Morgan fingerprint density at radius 2 is 2.36 bits per heavy atom. The van der Waals surface area contributed by atoms with Crippen LogP contribution >= 0.6 is 15.9 Å². The summed E-state index contributed by atoms with van der Waals surface area (Å²) in [5.41, 5.74) is 1.85. The van der Waals surface area contributed by atoms with E-state index in [1.54, 1.807) is 6.08 Å². The van der Waals surface area contributed by atoms with E-state index in [0.717, 1.165) is 22.1 Å². The maximum absolute atomic E-state index is 10.7. The van der Waals surface area contributed by atoms with E-state index < -0.39 is 0 Å². The quantitative estimate of drug-likeness (QED) is 0.768. The monoisotopic (exact) mass is 250 g/mol. The molecule has 0 saturated carbocycles. The van der Waals surface area contributed by atoms with Gasteiger partial charge in [-0.05, 0) is 34.1 Å². The van der Waals surface area contributed by atoms with E-state index in [9.17, 15) is 4.79 Å². The Balaban J connectivity index is 2.93. The van der Waals surface area contributed by atoms with Crippen LogP contribution in [0.15, 0.2) is 29.4 Å². The van der Waals surface area contributed by atoms with Crippen LogP contribution in [0, 0.1) is 0 Å². The minimum absolute atomic E-state index is 0.409. The molecule has 14 heavy (non-hydrogen) atoms. The van der Waals surface area contributed by atoms with Crippen molar-refractivity contribution < 1.29 is 4.79 Å². The molecule has 2 heterocycles. The fourth-order valence-corrected chi connectivity index (χ4v) is 1.79.